The largest absolute Gasteiger partial charge is 0.379 e. The Morgan fingerprint density at radius 2 is 0.780 bits per heavy atom. The number of hydrogen-bond donors (Lipinski definition) is 4. The van der Waals surface area contributed by atoms with Gasteiger partial charge in [-0.1, -0.05) is 44.2 Å². The molecule has 0 fully saturated rings. The van der Waals surface area contributed by atoms with Crippen molar-refractivity contribution in [3.63, 3.8) is 0 Å². The topological polar surface area (TPSA) is 169 Å². The average Bonchev–Trinajstić information content (AvgIpc) is 3.10. The normalized spacial score (nSPS) is 11.2. The number of aryl methyl sites for hydroxylation is 2. The molecule has 0 radical (unpaired) electrons. The molecule has 4 amide bonds. The Labute approximate surface area is 290 Å². The number of nitrogens with one attached hydrogen (secondary N) is 4. The smallest absolute Gasteiger partial charge is 0.339 e. The Kier molecular flexibility index (Phi) is 11.0. The van der Waals surface area contributed by atoms with Gasteiger partial charge in [-0.25, -0.2) is 9.59 Å². The summed E-state index contributed by atoms with van der Waals surface area (Å²) < 4.78 is 62.6. The number of rotatable bonds is 12. The summed E-state index contributed by atoms with van der Waals surface area (Å²) in [6.45, 7) is 4.07. The average molecular weight is 715 g/mol. The van der Waals surface area contributed by atoms with Crippen LogP contribution in [0.5, 0.6) is 11.5 Å². The van der Waals surface area contributed by atoms with E-state index in [1.165, 1.54) is 66.7 Å². The van der Waals surface area contributed by atoms with Crippen LogP contribution in [-0.2, 0) is 33.1 Å². The Morgan fingerprint density at radius 1 is 0.480 bits per heavy atom. The van der Waals surface area contributed by atoms with Crippen molar-refractivity contribution < 1.29 is 34.8 Å². The van der Waals surface area contributed by atoms with Gasteiger partial charge < -0.3 is 29.6 Å². The monoisotopic (exact) mass is 714 g/mol. The van der Waals surface area contributed by atoms with E-state index in [4.69, 9.17) is 8.37 Å². The lowest BCUT2D eigenvalue weighted by atomic mass is 10.1. The van der Waals surface area contributed by atoms with Gasteiger partial charge in [-0.15, -0.1) is 0 Å². The fraction of sp³-hybridized carbons (Fsp3) is 0.111. The van der Waals surface area contributed by atoms with E-state index in [1.54, 1.807) is 24.3 Å². The first kappa shape index (κ1) is 35.4. The SMILES string of the molecule is CCc1ccc(NC(=O)Nc2ccc(OS(=O)(=O)c3cccc(S(=O)(=O)Oc4ccc(NC(=O)Nc5ccc(CC)cc5)cc4)c3)cc2)cc1. The molecule has 0 atom stereocenters. The molecule has 0 aliphatic rings. The van der Waals surface area contributed by atoms with E-state index >= 15 is 0 Å². The van der Waals surface area contributed by atoms with Crippen molar-refractivity contribution in [3.05, 3.63) is 132 Å². The molecule has 4 N–H and O–H groups in total. The lowest BCUT2D eigenvalue weighted by Crippen LogP contribution is -2.19. The standard InChI is InChI=1S/C36H34N4O8S2/c1-3-25-8-12-27(13-9-25)37-35(41)39-29-16-20-31(21-17-29)47-49(43,44)33-6-5-7-34(24-33)50(45,46)48-32-22-18-30(19-23-32)40-36(42)38-28-14-10-26(4-2)11-15-28/h5-24H,3-4H2,1-2H3,(H2,37,39,41)(H2,38,40,42). The zero-order valence-electron chi connectivity index (χ0n) is 27.0. The van der Waals surface area contributed by atoms with Crippen molar-refractivity contribution in [2.45, 2.75) is 36.5 Å². The fourth-order valence-corrected chi connectivity index (χ4v) is 6.59. The van der Waals surface area contributed by atoms with E-state index in [1.807, 2.05) is 38.1 Å². The van der Waals surface area contributed by atoms with Crippen molar-refractivity contribution in [2.24, 2.45) is 0 Å². The van der Waals surface area contributed by atoms with E-state index in [0.717, 1.165) is 30.0 Å². The predicted molar refractivity (Wildman–Crippen MR) is 192 cm³/mol. The maximum Gasteiger partial charge on any atom is 0.339 e. The Balaban J connectivity index is 1.17. The molecule has 0 saturated carbocycles. The quantitative estimate of drug-likeness (QED) is 0.0957. The molecule has 12 nitrogen and oxygen atoms in total. The third-order valence-corrected chi connectivity index (χ3v) is 9.75. The molecular weight excluding hydrogens is 681 g/mol. The van der Waals surface area contributed by atoms with Gasteiger partial charge in [-0.2, -0.15) is 16.8 Å². The van der Waals surface area contributed by atoms with Gasteiger partial charge in [0.05, 0.1) is 0 Å². The van der Waals surface area contributed by atoms with Gasteiger partial charge in [-0.3, -0.25) is 0 Å². The molecule has 0 aliphatic carbocycles. The number of amides is 4. The minimum Gasteiger partial charge on any atom is -0.379 e. The molecule has 0 bridgehead atoms. The summed E-state index contributed by atoms with van der Waals surface area (Å²) in [5.41, 5.74) is 4.26. The van der Waals surface area contributed by atoms with Crippen LogP contribution in [0.15, 0.2) is 131 Å². The first-order valence-corrected chi connectivity index (χ1v) is 18.3. The second kappa shape index (κ2) is 15.6. The van der Waals surface area contributed by atoms with Gasteiger partial charge in [-0.05, 0) is 115 Å². The Hall–Kier alpha value is -5.86. The number of hydrogen-bond acceptors (Lipinski definition) is 8. The first-order valence-electron chi connectivity index (χ1n) is 15.5. The highest BCUT2D eigenvalue weighted by Crippen LogP contribution is 2.26. The molecule has 5 aromatic carbocycles. The molecule has 5 aromatic rings. The van der Waals surface area contributed by atoms with E-state index in [0.29, 0.717) is 22.7 Å². The van der Waals surface area contributed by atoms with Gasteiger partial charge >= 0.3 is 32.3 Å². The van der Waals surface area contributed by atoms with Crippen molar-refractivity contribution in [1.82, 2.24) is 0 Å². The summed E-state index contributed by atoms with van der Waals surface area (Å²) in [6.07, 6.45) is 1.76. The van der Waals surface area contributed by atoms with Crippen LogP contribution in [0.2, 0.25) is 0 Å². The van der Waals surface area contributed by atoms with E-state index < -0.39 is 42.1 Å². The molecule has 258 valence electrons. The third kappa shape index (κ3) is 9.61. The van der Waals surface area contributed by atoms with Crippen LogP contribution in [0.4, 0.5) is 32.3 Å². The second-order valence-electron chi connectivity index (χ2n) is 10.9. The summed E-state index contributed by atoms with van der Waals surface area (Å²) in [6, 6.07) is 29.6. The van der Waals surface area contributed by atoms with Gasteiger partial charge in [0.2, 0.25) is 0 Å². The summed E-state index contributed by atoms with van der Waals surface area (Å²) in [7, 11) is -8.92. The van der Waals surface area contributed by atoms with E-state index in [2.05, 4.69) is 21.3 Å². The molecule has 5 rings (SSSR count). The highest BCUT2D eigenvalue weighted by Gasteiger charge is 2.23. The van der Waals surface area contributed by atoms with Crippen molar-refractivity contribution in [1.29, 1.82) is 0 Å². The summed E-state index contributed by atoms with van der Waals surface area (Å²) >= 11 is 0. The summed E-state index contributed by atoms with van der Waals surface area (Å²) in [5.74, 6) is -0.125. The van der Waals surface area contributed by atoms with E-state index in [-0.39, 0.29) is 11.5 Å². The lowest BCUT2D eigenvalue weighted by molar-refractivity contribution is 0.261. The molecule has 0 saturated heterocycles. The zero-order valence-corrected chi connectivity index (χ0v) is 28.7. The Morgan fingerprint density at radius 3 is 1.08 bits per heavy atom. The van der Waals surface area contributed by atoms with Crippen molar-refractivity contribution in [3.8, 4) is 11.5 Å². The van der Waals surface area contributed by atoms with Crippen LogP contribution in [0, 0.1) is 0 Å². The number of carbonyl (C=O) groups excluding carboxylic acids is 2. The van der Waals surface area contributed by atoms with Crippen LogP contribution in [0.25, 0.3) is 0 Å². The number of carbonyl (C=O) groups is 2. The third-order valence-electron chi connectivity index (χ3n) is 7.26. The number of benzene rings is 5. The second-order valence-corrected chi connectivity index (χ2v) is 14.0. The molecule has 0 heterocycles. The van der Waals surface area contributed by atoms with E-state index in [9.17, 15) is 26.4 Å². The van der Waals surface area contributed by atoms with Crippen LogP contribution in [0.3, 0.4) is 0 Å². The van der Waals surface area contributed by atoms with Crippen LogP contribution in [-0.4, -0.2) is 28.9 Å². The van der Waals surface area contributed by atoms with Gasteiger partial charge in [0.1, 0.15) is 21.3 Å². The minimum absolute atomic E-state index is 0.0626. The summed E-state index contributed by atoms with van der Waals surface area (Å²) in [5, 5.41) is 10.7. The van der Waals surface area contributed by atoms with Gasteiger partial charge in [0.15, 0.2) is 0 Å². The summed E-state index contributed by atoms with van der Waals surface area (Å²) in [4.78, 5) is 23.9. The maximum atomic E-state index is 13.0. The minimum atomic E-state index is -4.46. The zero-order chi connectivity index (χ0) is 35.7. The molecule has 0 unspecified atom stereocenters. The molecule has 0 spiro atoms. The molecule has 14 heteroatoms. The number of urea groups is 2. The maximum absolute atomic E-state index is 13.0. The van der Waals surface area contributed by atoms with Crippen molar-refractivity contribution in [2.75, 3.05) is 21.3 Å². The van der Waals surface area contributed by atoms with Gasteiger partial charge in [0, 0.05) is 22.7 Å². The molecular formula is C36H34N4O8S2. The predicted octanol–water partition coefficient (Wildman–Crippen LogP) is 7.63. The van der Waals surface area contributed by atoms with Crippen molar-refractivity contribution >= 4 is 55.0 Å². The molecule has 0 aromatic heterocycles. The highest BCUT2D eigenvalue weighted by molar-refractivity contribution is 7.88. The Bertz CT molecular complexity index is 2020. The number of anilines is 4. The molecule has 0 aliphatic heterocycles. The van der Waals surface area contributed by atoms with Gasteiger partial charge in [0.25, 0.3) is 0 Å². The van der Waals surface area contributed by atoms with Crippen LogP contribution >= 0.6 is 0 Å². The fourth-order valence-electron chi connectivity index (χ4n) is 4.56. The lowest BCUT2D eigenvalue weighted by Gasteiger charge is -2.12. The highest BCUT2D eigenvalue weighted by atomic mass is 32.2. The van der Waals surface area contributed by atoms with Crippen LogP contribution in [0.1, 0.15) is 25.0 Å². The first-order chi connectivity index (χ1) is 23.9. The van der Waals surface area contributed by atoms with Crippen LogP contribution < -0.4 is 29.6 Å². The molecule has 50 heavy (non-hydrogen) atoms.